The van der Waals surface area contributed by atoms with E-state index >= 15 is 0 Å². The summed E-state index contributed by atoms with van der Waals surface area (Å²) in [6.45, 7) is 1.79. The standard InChI is InChI=1S/C13H25NO2S/c1-14-12(4-6-15-2)11-3-7-16-13(9-11)5-8-17-10-13/h11-12,14H,3-10H2,1-2H3. The summed E-state index contributed by atoms with van der Waals surface area (Å²) in [6, 6.07) is 0.585. The molecule has 0 aromatic heterocycles. The van der Waals surface area contributed by atoms with Crippen LogP contribution in [0.25, 0.3) is 0 Å². The number of hydrogen-bond acceptors (Lipinski definition) is 4. The van der Waals surface area contributed by atoms with Crippen molar-refractivity contribution in [1.29, 1.82) is 0 Å². The van der Waals surface area contributed by atoms with Crippen LogP contribution in [-0.4, -0.2) is 50.5 Å². The Hall–Kier alpha value is 0.230. The quantitative estimate of drug-likeness (QED) is 0.817. The zero-order chi connectivity index (χ0) is 12.1. The fourth-order valence-corrected chi connectivity index (χ4v) is 4.51. The molecule has 0 aromatic rings. The molecule has 3 atom stereocenters. The van der Waals surface area contributed by atoms with Gasteiger partial charge in [0.25, 0.3) is 0 Å². The summed E-state index contributed by atoms with van der Waals surface area (Å²) in [6.07, 6.45) is 4.78. The molecule has 1 N–H and O–H groups in total. The first-order chi connectivity index (χ1) is 8.29. The molecule has 0 aliphatic carbocycles. The lowest BCUT2D eigenvalue weighted by molar-refractivity contribution is -0.0858. The van der Waals surface area contributed by atoms with E-state index in [1.165, 1.54) is 30.8 Å². The van der Waals surface area contributed by atoms with Crippen LogP contribution in [0.2, 0.25) is 0 Å². The smallest absolute Gasteiger partial charge is 0.0783 e. The summed E-state index contributed by atoms with van der Waals surface area (Å²) in [7, 11) is 3.86. The Morgan fingerprint density at radius 3 is 3.12 bits per heavy atom. The Morgan fingerprint density at radius 1 is 1.59 bits per heavy atom. The molecular formula is C13H25NO2S. The number of ether oxygens (including phenoxy) is 2. The van der Waals surface area contributed by atoms with Gasteiger partial charge in [-0.25, -0.2) is 0 Å². The molecule has 3 nitrogen and oxygen atoms in total. The van der Waals surface area contributed by atoms with E-state index < -0.39 is 0 Å². The van der Waals surface area contributed by atoms with E-state index in [2.05, 4.69) is 12.4 Å². The number of methoxy groups -OCH3 is 1. The molecule has 0 radical (unpaired) electrons. The number of thioether (sulfide) groups is 1. The van der Waals surface area contributed by atoms with Crippen molar-refractivity contribution < 1.29 is 9.47 Å². The predicted molar refractivity (Wildman–Crippen MR) is 72.7 cm³/mol. The van der Waals surface area contributed by atoms with Crippen LogP contribution in [-0.2, 0) is 9.47 Å². The van der Waals surface area contributed by atoms with Crippen LogP contribution in [0.4, 0.5) is 0 Å². The highest BCUT2D eigenvalue weighted by atomic mass is 32.2. The minimum atomic E-state index is 0.204. The summed E-state index contributed by atoms with van der Waals surface area (Å²) in [5.41, 5.74) is 0.204. The average molecular weight is 259 g/mol. The van der Waals surface area contributed by atoms with Crippen LogP contribution in [0.5, 0.6) is 0 Å². The topological polar surface area (TPSA) is 30.5 Å². The summed E-state index contributed by atoms with van der Waals surface area (Å²) >= 11 is 2.05. The minimum Gasteiger partial charge on any atom is -0.385 e. The first kappa shape index (κ1) is 13.7. The average Bonchev–Trinajstić information content (AvgIpc) is 2.78. The molecule has 2 aliphatic heterocycles. The molecule has 2 rings (SSSR count). The van der Waals surface area contributed by atoms with E-state index in [0.717, 1.165) is 25.6 Å². The van der Waals surface area contributed by atoms with Gasteiger partial charge in [0.15, 0.2) is 0 Å². The second-order valence-corrected chi connectivity index (χ2v) is 6.37. The minimum absolute atomic E-state index is 0.204. The fourth-order valence-electron chi connectivity index (χ4n) is 3.13. The highest BCUT2D eigenvalue weighted by Crippen LogP contribution is 2.41. The molecule has 0 bridgehead atoms. The third-order valence-electron chi connectivity index (χ3n) is 4.17. The van der Waals surface area contributed by atoms with Gasteiger partial charge in [-0.15, -0.1) is 0 Å². The third kappa shape index (κ3) is 3.37. The van der Waals surface area contributed by atoms with Gasteiger partial charge in [-0.05, 0) is 44.4 Å². The Morgan fingerprint density at radius 2 is 2.47 bits per heavy atom. The maximum atomic E-state index is 6.08. The molecule has 2 aliphatic rings. The highest BCUT2D eigenvalue weighted by Gasteiger charge is 2.42. The van der Waals surface area contributed by atoms with Gasteiger partial charge < -0.3 is 14.8 Å². The molecule has 0 amide bonds. The van der Waals surface area contributed by atoms with Crippen molar-refractivity contribution in [2.24, 2.45) is 5.92 Å². The normalized spacial score (nSPS) is 35.3. The van der Waals surface area contributed by atoms with Crippen LogP contribution < -0.4 is 5.32 Å². The molecule has 4 heteroatoms. The van der Waals surface area contributed by atoms with Gasteiger partial charge in [-0.3, -0.25) is 0 Å². The Balaban J connectivity index is 1.90. The Kier molecular flexibility index (Phi) is 5.15. The van der Waals surface area contributed by atoms with E-state index in [4.69, 9.17) is 9.47 Å². The van der Waals surface area contributed by atoms with Gasteiger partial charge >= 0.3 is 0 Å². The SMILES string of the molecule is CNC(CCOC)C1CCOC2(CCSC2)C1. The van der Waals surface area contributed by atoms with E-state index in [9.17, 15) is 0 Å². The predicted octanol–water partition coefficient (Wildman–Crippen LogP) is 1.91. The number of nitrogens with one attached hydrogen (secondary N) is 1. The molecule has 2 heterocycles. The van der Waals surface area contributed by atoms with Crippen molar-refractivity contribution in [3.05, 3.63) is 0 Å². The summed E-state index contributed by atoms with van der Waals surface area (Å²) < 4.78 is 11.3. The Bertz CT molecular complexity index is 231. The summed E-state index contributed by atoms with van der Waals surface area (Å²) in [4.78, 5) is 0. The summed E-state index contributed by atoms with van der Waals surface area (Å²) in [5.74, 6) is 3.22. The lowest BCUT2D eigenvalue weighted by Gasteiger charge is -2.41. The van der Waals surface area contributed by atoms with E-state index in [1.54, 1.807) is 7.11 Å². The van der Waals surface area contributed by atoms with Crippen LogP contribution in [0.1, 0.15) is 25.7 Å². The lowest BCUT2D eigenvalue weighted by Crippen LogP contribution is -2.46. The first-order valence-electron chi connectivity index (χ1n) is 6.67. The van der Waals surface area contributed by atoms with Gasteiger partial charge in [0.2, 0.25) is 0 Å². The van der Waals surface area contributed by atoms with Crippen LogP contribution in [0.3, 0.4) is 0 Å². The maximum absolute atomic E-state index is 6.08. The monoisotopic (exact) mass is 259 g/mol. The molecule has 3 unspecified atom stereocenters. The number of rotatable bonds is 5. The second kappa shape index (κ2) is 6.41. The maximum Gasteiger partial charge on any atom is 0.0783 e. The zero-order valence-corrected chi connectivity index (χ0v) is 11.9. The highest BCUT2D eigenvalue weighted by molar-refractivity contribution is 7.99. The lowest BCUT2D eigenvalue weighted by atomic mass is 9.80. The first-order valence-corrected chi connectivity index (χ1v) is 7.83. The molecule has 2 fully saturated rings. The largest absolute Gasteiger partial charge is 0.385 e. The van der Waals surface area contributed by atoms with Gasteiger partial charge in [-0.2, -0.15) is 11.8 Å². The molecule has 2 saturated heterocycles. The van der Waals surface area contributed by atoms with E-state index in [0.29, 0.717) is 6.04 Å². The number of hydrogen-bond donors (Lipinski definition) is 1. The molecule has 1 spiro atoms. The van der Waals surface area contributed by atoms with Crippen LogP contribution in [0.15, 0.2) is 0 Å². The zero-order valence-electron chi connectivity index (χ0n) is 11.0. The molecule has 0 saturated carbocycles. The van der Waals surface area contributed by atoms with Crippen molar-refractivity contribution in [3.63, 3.8) is 0 Å². The summed E-state index contributed by atoms with van der Waals surface area (Å²) in [5, 5.41) is 3.47. The van der Waals surface area contributed by atoms with Crippen molar-refractivity contribution in [2.75, 3.05) is 38.9 Å². The van der Waals surface area contributed by atoms with Crippen LogP contribution >= 0.6 is 11.8 Å². The van der Waals surface area contributed by atoms with Crippen LogP contribution in [0, 0.1) is 5.92 Å². The fraction of sp³-hybridized carbons (Fsp3) is 1.00. The molecular weight excluding hydrogens is 234 g/mol. The van der Waals surface area contributed by atoms with Gasteiger partial charge in [0.05, 0.1) is 5.60 Å². The van der Waals surface area contributed by atoms with Gasteiger partial charge in [0, 0.05) is 32.1 Å². The van der Waals surface area contributed by atoms with Crippen molar-refractivity contribution >= 4 is 11.8 Å². The third-order valence-corrected chi connectivity index (χ3v) is 5.39. The van der Waals surface area contributed by atoms with Crippen molar-refractivity contribution in [3.8, 4) is 0 Å². The van der Waals surface area contributed by atoms with E-state index in [1.807, 2.05) is 11.8 Å². The van der Waals surface area contributed by atoms with Gasteiger partial charge in [0.1, 0.15) is 0 Å². The van der Waals surface area contributed by atoms with Crippen molar-refractivity contribution in [1.82, 2.24) is 5.32 Å². The van der Waals surface area contributed by atoms with Gasteiger partial charge in [-0.1, -0.05) is 0 Å². The Labute approximate surface area is 109 Å². The second-order valence-electron chi connectivity index (χ2n) is 5.26. The molecule has 0 aromatic carbocycles. The molecule has 100 valence electrons. The van der Waals surface area contributed by atoms with Crippen molar-refractivity contribution in [2.45, 2.75) is 37.3 Å². The molecule has 17 heavy (non-hydrogen) atoms. The van der Waals surface area contributed by atoms with E-state index in [-0.39, 0.29) is 5.60 Å².